The van der Waals surface area contributed by atoms with Crippen LogP contribution in [0.15, 0.2) is 33.5 Å². The number of unbranched alkanes of at least 4 members (excludes halogenated alkanes) is 1. The highest BCUT2D eigenvalue weighted by molar-refractivity contribution is 7.99. The molecular weight excluding hydrogens is 342 g/mol. The van der Waals surface area contributed by atoms with Gasteiger partial charge in [-0.3, -0.25) is 0 Å². The first kappa shape index (κ1) is 17.2. The summed E-state index contributed by atoms with van der Waals surface area (Å²) in [5.41, 5.74) is 0. The summed E-state index contributed by atoms with van der Waals surface area (Å²) in [6.45, 7) is 5.08. The quantitative estimate of drug-likeness (QED) is 0.532. The maximum atomic E-state index is 5.39. The van der Waals surface area contributed by atoms with Crippen LogP contribution in [0.1, 0.15) is 48.5 Å². The molecule has 3 aromatic heterocycles. The first-order valence-corrected chi connectivity index (χ1v) is 9.91. The van der Waals surface area contributed by atoms with Crippen molar-refractivity contribution in [2.75, 3.05) is 0 Å². The minimum absolute atomic E-state index is 0.0533. The van der Waals surface area contributed by atoms with Crippen molar-refractivity contribution in [1.82, 2.24) is 24.9 Å². The molecule has 3 heterocycles. The third-order valence-electron chi connectivity index (χ3n) is 3.63. The standard InChI is InChI=1S/C16H21N5OS2/c1-3-4-7-14-18-15(22-20-14)12(2)24-16-19-17-11-21(16)9-8-13-6-5-10-23-13/h5-6,10-12H,3-4,7-9H2,1-2H3/t12-/m1/s1. The molecule has 0 saturated carbocycles. The molecule has 0 unspecified atom stereocenters. The van der Waals surface area contributed by atoms with Crippen molar-refractivity contribution in [3.8, 4) is 0 Å². The smallest absolute Gasteiger partial charge is 0.239 e. The zero-order chi connectivity index (χ0) is 16.8. The third-order valence-corrected chi connectivity index (χ3v) is 5.65. The van der Waals surface area contributed by atoms with Crippen molar-refractivity contribution in [1.29, 1.82) is 0 Å². The van der Waals surface area contributed by atoms with Crippen LogP contribution in [-0.2, 0) is 19.4 Å². The molecule has 1 atom stereocenters. The lowest BCUT2D eigenvalue weighted by molar-refractivity contribution is 0.374. The Morgan fingerprint density at radius 3 is 3.08 bits per heavy atom. The van der Waals surface area contributed by atoms with Crippen LogP contribution in [-0.4, -0.2) is 24.9 Å². The van der Waals surface area contributed by atoms with E-state index in [4.69, 9.17) is 4.52 Å². The van der Waals surface area contributed by atoms with Gasteiger partial charge in [0.2, 0.25) is 5.89 Å². The predicted molar refractivity (Wildman–Crippen MR) is 95.2 cm³/mol. The SMILES string of the molecule is CCCCc1noc([C@@H](C)Sc2nncn2CCc2cccs2)n1. The lowest BCUT2D eigenvalue weighted by atomic mass is 10.2. The molecule has 0 amide bonds. The minimum atomic E-state index is 0.0533. The van der Waals surface area contributed by atoms with E-state index in [9.17, 15) is 0 Å². The molecule has 0 spiro atoms. The van der Waals surface area contributed by atoms with Gasteiger partial charge in [0.15, 0.2) is 11.0 Å². The van der Waals surface area contributed by atoms with E-state index in [1.54, 1.807) is 29.4 Å². The molecule has 0 aliphatic rings. The van der Waals surface area contributed by atoms with Crippen molar-refractivity contribution in [2.24, 2.45) is 0 Å². The zero-order valence-corrected chi connectivity index (χ0v) is 15.5. The number of thiophene rings is 1. The second-order valence-electron chi connectivity index (χ2n) is 5.55. The third kappa shape index (κ3) is 4.45. The summed E-state index contributed by atoms with van der Waals surface area (Å²) in [6, 6.07) is 4.23. The summed E-state index contributed by atoms with van der Waals surface area (Å²) in [6.07, 6.45) is 5.84. The molecule has 0 aliphatic carbocycles. The fourth-order valence-corrected chi connectivity index (χ4v) is 3.83. The Labute approximate surface area is 149 Å². The fraction of sp³-hybridized carbons (Fsp3) is 0.500. The lowest BCUT2D eigenvalue weighted by Crippen LogP contribution is -2.02. The topological polar surface area (TPSA) is 69.6 Å². The molecule has 0 aromatic carbocycles. The summed E-state index contributed by atoms with van der Waals surface area (Å²) >= 11 is 3.38. The molecule has 0 bridgehead atoms. The number of hydrogen-bond acceptors (Lipinski definition) is 7. The average Bonchev–Trinajstić information content (AvgIpc) is 3.32. The van der Waals surface area contributed by atoms with Crippen molar-refractivity contribution in [3.63, 3.8) is 0 Å². The highest BCUT2D eigenvalue weighted by Crippen LogP contribution is 2.32. The molecule has 128 valence electrons. The molecule has 0 N–H and O–H groups in total. The van der Waals surface area contributed by atoms with Gasteiger partial charge in [0.1, 0.15) is 6.33 Å². The molecule has 8 heteroatoms. The van der Waals surface area contributed by atoms with Crippen LogP contribution in [0.2, 0.25) is 0 Å². The van der Waals surface area contributed by atoms with Crippen LogP contribution in [0.5, 0.6) is 0 Å². The fourth-order valence-electron chi connectivity index (χ4n) is 2.25. The van der Waals surface area contributed by atoms with Crippen LogP contribution in [0, 0.1) is 0 Å². The maximum Gasteiger partial charge on any atom is 0.239 e. The van der Waals surface area contributed by atoms with E-state index < -0.39 is 0 Å². The normalized spacial score (nSPS) is 12.6. The Morgan fingerprint density at radius 2 is 2.29 bits per heavy atom. The van der Waals surface area contributed by atoms with Crippen LogP contribution in [0.3, 0.4) is 0 Å². The molecule has 0 saturated heterocycles. The number of rotatable bonds is 9. The van der Waals surface area contributed by atoms with Gasteiger partial charge in [0.05, 0.1) is 5.25 Å². The predicted octanol–water partition coefficient (Wildman–Crippen LogP) is 4.16. The van der Waals surface area contributed by atoms with Gasteiger partial charge in [-0.15, -0.1) is 21.5 Å². The van der Waals surface area contributed by atoms with Crippen molar-refractivity contribution < 1.29 is 4.52 Å². The maximum absolute atomic E-state index is 5.39. The number of thioether (sulfide) groups is 1. The second kappa shape index (κ2) is 8.43. The zero-order valence-electron chi connectivity index (χ0n) is 13.9. The number of aromatic nitrogens is 5. The van der Waals surface area contributed by atoms with E-state index in [0.29, 0.717) is 5.89 Å². The second-order valence-corrected chi connectivity index (χ2v) is 7.89. The number of aryl methyl sites for hydroxylation is 3. The van der Waals surface area contributed by atoms with E-state index in [-0.39, 0.29) is 5.25 Å². The summed E-state index contributed by atoms with van der Waals surface area (Å²) < 4.78 is 7.47. The number of nitrogens with zero attached hydrogens (tertiary/aromatic N) is 5. The van der Waals surface area contributed by atoms with Crippen LogP contribution in [0.25, 0.3) is 0 Å². The van der Waals surface area contributed by atoms with Gasteiger partial charge < -0.3 is 9.09 Å². The molecular formula is C16H21N5OS2. The highest BCUT2D eigenvalue weighted by atomic mass is 32.2. The summed E-state index contributed by atoms with van der Waals surface area (Å²) in [7, 11) is 0. The largest absolute Gasteiger partial charge is 0.338 e. The molecule has 0 fully saturated rings. The molecule has 24 heavy (non-hydrogen) atoms. The Kier molecular flexibility index (Phi) is 6.03. The molecule has 6 nitrogen and oxygen atoms in total. The van der Waals surface area contributed by atoms with Gasteiger partial charge in [-0.1, -0.05) is 36.3 Å². The lowest BCUT2D eigenvalue weighted by Gasteiger charge is -2.08. The van der Waals surface area contributed by atoms with Crippen LogP contribution in [0.4, 0.5) is 0 Å². The Morgan fingerprint density at radius 1 is 1.38 bits per heavy atom. The summed E-state index contributed by atoms with van der Waals surface area (Å²) in [4.78, 5) is 5.86. The van der Waals surface area contributed by atoms with Gasteiger partial charge >= 0.3 is 0 Å². The summed E-state index contributed by atoms with van der Waals surface area (Å²) in [5.74, 6) is 1.44. The molecule has 3 aromatic rings. The van der Waals surface area contributed by atoms with E-state index in [2.05, 4.69) is 56.3 Å². The van der Waals surface area contributed by atoms with Crippen molar-refractivity contribution in [3.05, 3.63) is 40.4 Å². The van der Waals surface area contributed by atoms with Crippen molar-refractivity contribution >= 4 is 23.1 Å². The van der Waals surface area contributed by atoms with Crippen LogP contribution < -0.4 is 0 Å². The van der Waals surface area contributed by atoms with Crippen LogP contribution >= 0.6 is 23.1 Å². The van der Waals surface area contributed by atoms with E-state index >= 15 is 0 Å². The van der Waals surface area contributed by atoms with Crippen molar-refractivity contribution in [2.45, 2.75) is 56.5 Å². The Bertz CT molecular complexity index is 737. The van der Waals surface area contributed by atoms with E-state index in [1.165, 1.54) is 4.88 Å². The summed E-state index contributed by atoms with van der Waals surface area (Å²) in [5, 5.41) is 15.4. The number of hydrogen-bond donors (Lipinski definition) is 0. The van der Waals surface area contributed by atoms with E-state index in [1.807, 2.05) is 0 Å². The van der Waals surface area contributed by atoms with Gasteiger partial charge in [0.25, 0.3) is 0 Å². The Balaban J connectivity index is 1.59. The Hall–Kier alpha value is -1.67. The van der Waals surface area contributed by atoms with Gasteiger partial charge in [-0.25, -0.2) is 0 Å². The average molecular weight is 364 g/mol. The van der Waals surface area contributed by atoms with Gasteiger partial charge in [-0.2, -0.15) is 4.98 Å². The molecule has 0 aliphatic heterocycles. The highest BCUT2D eigenvalue weighted by Gasteiger charge is 2.18. The molecule has 0 radical (unpaired) electrons. The first-order valence-electron chi connectivity index (χ1n) is 8.15. The van der Waals surface area contributed by atoms with Gasteiger partial charge in [-0.05, 0) is 31.2 Å². The monoisotopic (exact) mass is 363 g/mol. The van der Waals surface area contributed by atoms with E-state index in [0.717, 1.165) is 43.2 Å². The van der Waals surface area contributed by atoms with Gasteiger partial charge in [0, 0.05) is 17.8 Å². The minimum Gasteiger partial charge on any atom is -0.338 e. The molecule has 3 rings (SSSR count). The first-order chi connectivity index (χ1) is 11.8.